The molecule has 0 aliphatic carbocycles. The van der Waals surface area contributed by atoms with Gasteiger partial charge in [-0.05, 0) is 36.2 Å². The van der Waals surface area contributed by atoms with Crippen molar-refractivity contribution in [3.8, 4) is 5.75 Å². The summed E-state index contributed by atoms with van der Waals surface area (Å²) in [6.07, 6.45) is 5.26. The Morgan fingerprint density at radius 3 is 2.45 bits per heavy atom. The van der Waals surface area contributed by atoms with Gasteiger partial charge in [-0.25, -0.2) is 0 Å². The van der Waals surface area contributed by atoms with Crippen LogP contribution in [0.2, 0.25) is 0 Å². The van der Waals surface area contributed by atoms with E-state index in [1.54, 1.807) is 6.07 Å². The van der Waals surface area contributed by atoms with Gasteiger partial charge in [-0.2, -0.15) is 0 Å². The smallest absolute Gasteiger partial charge is 0.212 e. The number of rotatable bonds is 3. The van der Waals surface area contributed by atoms with Crippen LogP contribution in [0, 0.1) is 6.08 Å². The predicted molar refractivity (Wildman–Crippen MR) is 93.0 cm³/mol. The van der Waals surface area contributed by atoms with Gasteiger partial charge in [0, 0.05) is 23.1 Å². The molecule has 0 unspecified atom stereocenters. The van der Waals surface area contributed by atoms with Crippen molar-refractivity contribution in [1.82, 2.24) is 0 Å². The highest BCUT2D eigenvalue weighted by atomic mass is 16.3. The van der Waals surface area contributed by atoms with Crippen molar-refractivity contribution < 1.29 is 5.11 Å². The van der Waals surface area contributed by atoms with E-state index in [0.29, 0.717) is 5.92 Å². The molecule has 3 aromatic carbocycles. The van der Waals surface area contributed by atoms with Crippen LogP contribution in [0.15, 0.2) is 60.7 Å². The molecule has 1 nitrogen and oxygen atoms in total. The van der Waals surface area contributed by atoms with Crippen LogP contribution in [0.3, 0.4) is 0 Å². The van der Waals surface area contributed by atoms with Crippen LogP contribution in [0.25, 0.3) is 16.8 Å². The third-order valence-electron chi connectivity index (χ3n) is 3.90. The van der Waals surface area contributed by atoms with E-state index in [9.17, 15) is 5.11 Å². The van der Waals surface area contributed by atoms with Crippen molar-refractivity contribution in [2.45, 2.75) is 19.8 Å². The first-order chi connectivity index (χ1) is 10.7. The molecule has 0 saturated heterocycles. The molecule has 108 valence electrons. The third-order valence-corrected chi connectivity index (χ3v) is 3.90. The van der Waals surface area contributed by atoms with Gasteiger partial charge in [0.15, 0.2) is 5.56 Å². The highest BCUT2D eigenvalue weighted by Gasteiger charge is 2.13. The van der Waals surface area contributed by atoms with Crippen LogP contribution in [0.4, 0.5) is 0 Å². The molecule has 0 bridgehead atoms. The summed E-state index contributed by atoms with van der Waals surface area (Å²) in [5, 5.41) is 12.3. The van der Waals surface area contributed by atoms with Crippen LogP contribution in [-0.2, 0) is 0 Å². The van der Waals surface area contributed by atoms with Crippen LogP contribution < -0.4 is 0 Å². The SMILES string of the molecule is CC(C)c1ccccc1C=[C+]c1c(O)ccc2ccccc12. The average molecular weight is 287 g/mol. The van der Waals surface area contributed by atoms with Crippen molar-refractivity contribution in [3.63, 3.8) is 0 Å². The van der Waals surface area contributed by atoms with Gasteiger partial charge in [-0.3, -0.25) is 0 Å². The summed E-state index contributed by atoms with van der Waals surface area (Å²) in [5.41, 5.74) is 3.18. The maximum absolute atomic E-state index is 10.2. The minimum Gasteiger partial charge on any atom is -0.462 e. The van der Waals surface area contributed by atoms with Crippen LogP contribution in [0.1, 0.15) is 36.5 Å². The van der Waals surface area contributed by atoms with E-state index in [1.165, 1.54) is 5.56 Å². The van der Waals surface area contributed by atoms with Crippen LogP contribution in [-0.4, -0.2) is 5.11 Å². The van der Waals surface area contributed by atoms with Crippen molar-refractivity contribution in [2.75, 3.05) is 0 Å². The minimum absolute atomic E-state index is 0.261. The van der Waals surface area contributed by atoms with E-state index >= 15 is 0 Å². The van der Waals surface area contributed by atoms with E-state index in [0.717, 1.165) is 21.9 Å². The fourth-order valence-electron chi connectivity index (χ4n) is 2.73. The normalized spacial score (nSPS) is 11.2. The maximum Gasteiger partial charge on any atom is 0.212 e. The van der Waals surface area contributed by atoms with Gasteiger partial charge in [0.1, 0.15) is 0 Å². The molecule has 0 radical (unpaired) electrons. The van der Waals surface area contributed by atoms with Crippen molar-refractivity contribution in [3.05, 3.63) is 83.4 Å². The number of hydrogen-bond donors (Lipinski definition) is 1. The summed E-state index contributed by atoms with van der Waals surface area (Å²) in [5.74, 6) is 0.715. The third kappa shape index (κ3) is 2.72. The predicted octanol–water partition coefficient (Wildman–Crippen LogP) is 5.53. The quantitative estimate of drug-likeness (QED) is 0.496. The first-order valence-electron chi connectivity index (χ1n) is 7.56. The second-order valence-corrected chi connectivity index (χ2v) is 5.75. The summed E-state index contributed by atoms with van der Waals surface area (Å²) in [6, 6.07) is 20.0. The molecule has 22 heavy (non-hydrogen) atoms. The van der Waals surface area contributed by atoms with Crippen LogP contribution in [0.5, 0.6) is 5.75 Å². The zero-order valence-corrected chi connectivity index (χ0v) is 12.9. The molecule has 0 aliphatic rings. The highest BCUT2D eigenvalue weighted by Crippen LogP contribution is 2.28. The number of phenolic OH excluding ortho intramolecular Hbond substituents is 1. The topological polar surface area (TPSA) is 20.2 Å². The van der Waals surface area contributed by atoms with E-state index in [-0.39, 0.29) is 5.75 Å². The van der Waals surface area contributed by atoms with Gasteiger partial charge in [-0.1, -0.05) is 38.1 Å². The average Bonchev–Trinajstić information content (AvgIpc) is 2.54. The molecule has 1 N–H and O–H groups in total. The van der Waals surface area contributed by atoms with Crippen molar-refractivity contribution in [2.24, 2.45) is 0 Å². The van der Waals surface area contributed by atoms with Gasteiger partial charge in [0.2, 0.25) is 5.75 Å². The Morgan fingerprint density at radius 1 is 0.909 bits per heavy atom. The molecular weight excluding hydrogens is 268 g/mol. The first kappa shape index (κ1) is 14.3. The lowest BCUT2D eigenvalue weighted by atomic mass is 9.96. The van der Waals surface area contributed by atoms with E-state index < -0.39 is 0 Å². The number of benzene rings is 3. The Labute approximate surface area is 131 Å². The van der Waals surface area contributed by atoms with E-state index in [1.807, 2.05) is 42.5 Å². The first-order valence-corrected chi connectivity index (χ1v) is 7.56. The molecule has 3 rings (SSSR count). The number of aromatic hydroxyl groups is 1. The molecule has 0 saturated carbocycles. The fourth-order valence-corrected chi connectivity index (χ4v) is 2.73. The standard InChI is InChI=1S/C21H18O/c1-15(2)18-9-5-3-7-16(18)11-13-20-19-10-6-4-8-17(19)12-14-21(20)22/h3-12,14-15H,1-2H3/p+1. The lowest BCUT2D eigenvalue weighted by molar-refractivity contribution is 0.474. The zero-order chi connectivity index (χ0) is 15.5. The maximum atomic E-state index is 10.2. The largest absolute Gasteiger partial charge is 0.462 e. The number of phenols is 1. The van der Waals surface area contributed by atoms with Gasteiger partial charge in [-0.15, -0.1) is 0 Å². The molecule has 0 amide bonds. The second-order valence-electron chi connectivity index (χ2n) is 5.75. The Morgan fingerprint density at radius 2 is 1.64 bits per heavy atom. The molecule has 0 atom stereocenters. The Hall–Kier alpha value is -2.63. The lowest BCUT2D eigenvalue weighted by Gasteiger charge is -2.05. The minimum atomic E-state index is 0.261. The zero-order valence-electron chi connectivity index (χ0n) is 12.9. The molecule has 0 fully saturated rings. The lowest BCUT2D eigenvalue weighted by Crippen LogP contribution is -1.91. The summed E-state index contributed by atoms with van der Waals surface area (Å²) >= 11 is 0. The summed E-state index contributed by atoms with van der Waals surface area (Å²) in [6.45, 7) is 4.37. The fraction of sp³-hybridized carbons (Fsp3) is 0.143. The second kappa shape index (κ2) is 6.01. The highest BCUT2D eigenvalue weighted by molar-refractivity contribution is 5.89. The summed E-state index contributed by atoms with van der Waals surface area (Å²) in [7, 11) is 0. The van der Waals surface area contributed by atoms with Gasteiger partial charge in [0.05, 0.1) is 17.0 Å². The molecule has 3 aromatic rings. The Bertz CT molecular complexity index is 828. The number of fused-ring (bicyclic) bond motifs is 1. The molecular formula is C21H19O+. The van der Waals surface area contributed by atoms with Crippen LogP contribution >= 0.6 is 0 Å². The molecule has 0 aliphatic heterocycles. The molecule has 1 heteroatoms. The monoisotopic (exact) mass is 287 g/mol. The van der Waals surface area contributed by atoms with Crippen molar-refractivity contribution >= 4 is 16.8 Å². The summed E-state index contributed by atoms with van der Waals surface area (Å²) < 4.78 is 0. The van der Waals surface area contributed by atoms with Gasteiger partial charge < -0.3 is 5.11 Å². The van der Waals surface area contributed by atoms with E-state index in [2.05, 4.69) is 38.1 Å². The summed E-state index contributed by atoms with van der Waals surface area (Å²) in [4.78, 5) is 0. The Balaban J connectivity index is 2.09. The molecule has 0 spiro atoms. The van der Waals surface area contributed by atoms with E-state index in [4.69, 9.17) is 0 Å². The number of hydrogen-bond acceptors (Lipinski definition) is 1. The van der Waals surface area contributed by atoms with Crippen molar-refractivity contribution in [1.29, 1.82) is 0 Å². The molecule has 0 heterocycles. The Kier molecular flexibility index (Phi) is 3.91. The van der Waals surface area contributed by atoms with Gasteiger partial charge >= 0.3 is 0 Å². The molecule has 0 aromatic heterocycles. The van der Waals surface area contributed by atoms with Gasteiger partial charge in [0.25, 0.3) is 0 Å².